The molecule has 19 heavy (non-hydrogen) atoms. The molecule has 2 fully saturated rings. The summed E-state index contributed by atoms with van der Waals surface area (Å²) in [5.74, 6) is -1.66. The van der Waals surface area contributed by atoms with E-state index in [1.54, 1.807) is 14.2 Å². The average Bonchev–Trinajstić information content (AvgIpc) is 3.05. The number of methoxy groups -OCH3 is 1. The Balaban J connectivity index is 1.97. The summed E-state index contributed by atoms with van der Waals surface area (Å²) in [7, 11) is 3.26. The Morgan fingerprint density at radius 2 is 2.16 bits per heavy atom. The van der Waals surface area contributed by atoms with Gasteiger partial charge in [-0.1, -0.05) is 0 Å². The molecular weight excluding hydrogens is 252 g/mol. The Morgan fingerprint density at radius 3 is 2.74 bits per heavy atom. The van der Waals surface area contributed by atoms with Crippen molar-refractivity contribution in [3.05, 3.63) is 0 Å². The number of carboxylic acid groups (broad SMARTS) is 1. The van der Waals surface area contributed by atoms with Crippen molar-refractivity contribution in [2.45, 2.75) is 24.6 Å². The first-order valence-corrected chi connectivity index (χ1v) is 6.38. The summed E-state index contributed by atoms with van der Waals surface area (Å²) in [5.41, 5.74) is 0. The minimum absolute atomic E-state index is 0.0393. The van der Waals surface area contributed by atoms with Gasteiger partial charge in [0.2, 0.25) is 5.91 Å². The van der Waals surface area contributed by atoms with Gasteiger partial charge in [0.15, 0.2) is 0 Å². The maximum atomic E-state index is 12.3. The third kappa shape index (κ3) is 2.88. The van der Waals surface area contributed by atoms with Crippen molar-refractivity contribution in [2.24, 2.45) is 5.92 Å². The lowest BCUT2D eigenvalue weighted by Gasteiger charge is -2.28. The minimum Gasteiger partial charge on any atom is -0.481 e. The molecule has 7 heteroatoms. The summed E-state index contributed by atoms with van der Waals surface area (Å²) in [6, 6.07) is -0.696. The van der Waals surface area contributed by atoms with Crippen molar-refractivity contribution in [1.82, 2.24) is 10.2 Å². The number of nitrogens with zero attached hydrogens (tertiary/aromatic N) is 1. The molecule has 4 atom stereocenters. The number of carboxylic acids is 1. The molecule has 108 valence electrons. The van der Waals surface area contributed by atoms with Crippen LogP contribution in [0.15, 0.2) is 0 Å². The second-order valence-electron chi connectivity index (χ2n) is 5.05. The van der Waals surface area contributed by atoms with E-state index in [1.165, 1.54) is 4.90 Å². The maximum Gasteiger partial charge on any atom is 0.311 e. The van der Waals surface area contributed by atoms with Gasteiger partial charge in [-0.15, -0.1) is 0 Å². The first-order valence-electron chi connectivity index (χ1n) is 6.38. The first kappa shape index (κ1) is 14.2. The van der Waals surface area contributed by atoms with E-state index in [4.69, 9.17) is 14.6 Å². The van der Waals surface area contributed by atoms with Crippen LogP contribution in [0.2, 0.25) is 0 Å². The fourth-order valence-corrected chi connectivity index (χ4v) is 2.64. The molecule has 0 bridgehead atoms. The highest BCUT2D eigenvalue weighted by atomic mass is 16.5. The molecule has 2 rings (SSSR count). The number of carbonyl (C=O) groups is 2. The van der Waals surface area contributed by atoms with Gasteiger partial charge in [0.25, 0.3) is 0 Å². The van der Waals surface area contributed by atoms with Crippen LogP contribution in [0, 0.1) is 5.92 Å². The number of aliphatic carboxylic acids is 1. The van der Waals surface area contributed by atoms with Crippen LogP contribution in [-0.4, -0.2) is 74.0 Å². The number of ether oxygens (including phenoxy) is 2. The molecule has 1 amide bonds. The molecule has 2 aliphatic rings. The van der Waals surface area contributed by atoms with E-state index in [9.17, 15) is 9.59 Å². The maximum absolute atomic E-state index is 12.3. The van der Waals surface area contributed by atoms with Crippen LogP contribution >= 0.6 is 0 Å². The van der Waals surface area contributed by atoms with Gasteiger partial charge in [0, 0.05) is 20.7 Å². The SMILES string of the molecule is COC1CNC(C(=O)N(C)C2COCC2C(=O)O)C1. The summed E-state index contributed by atoms with van der Waals surface area (Å²) in [6.45, 7) is 1.08. The van der Waals surface area contributed by atoms with Crippen LogP contribution in [0.3, 0.4) is 0 Å². The Kier molecular flexibility index (Phi) is 4.38. The highest BCUT2D eigenvalue weighted by molar-refractivity contribution is 5.83. The lowest BCUT2D eigenvalue weighted by molar-refractivity contribution is -0.144. The topological polar surface area (TPSA) is 88.1 Å². The van der Waals surface area contributed by atoms with Crippen LogP contribution in [0.25, 0.3) is 0 Å². The molecular formula is C12H20N2O5. The summed E-state index contributed by atoms with van der Waals surface area (Å²) in [6.07, 6.45) is 0.655. The summed E-state index contributed by atoms with van der Waals surface area (Å²) in [4.78, 5) is 24.9. The van der Waals surface area contributed by atoms with Crippen molar-refractivity contribution in [2.75, 3.05) is 33.9 Å². The van der Waals surface area contributed by atoms with E-state index in [1.807, 2.05) is 0 Å². The van der Waals surface area contributed by atoms with Crippen LogP contribution in [0.4, 0.5) is 0 Å². The summed E-state index contributed by atoms with van der Waals surface area (Å²) in [5, 5.41) is 12.2. The monoisotopic (exact) mass is 272 g/mol. The van der Waals surface area contributed by atoms with Gasteiger partial charge in [0.1, 0.15) is 5.92 Å². The van der Waals surface area contributed by atoms with Crippen molar-refractivity contribution in [3.63, 3.8) is 0 Å². The molecule has 2 N–H and O–H groups in total. The number of likely N-dealkylation sites (N-methyl/N-ethyl adjacent to an activating group) is 1. The first-order chi connectivity index (χ1) is 9.04. The van der Waals surface area contributed by atoms with E-state index in [0.717, 1.165) is 0 Å². The lowest BCUT2D eigenvalue weighted by atomic mass is 10.0. The number of rotatable bonds is 4. The molecule has 2 aliphatic heterocycles. The van der Waals surface area contributed by atoms with E-state index < -0.39 is 17.9 Å². The quantitative estimate of drug-likeness (QED) is 0.677. The molecule has 0 aromatic carbocycles. The van der Waals surface area contributed by atoms with Crippen LogP contribution in [0.1, 0.15) is 6.42 Å². The molecule has 2 heterocycles. The van der Waals surface area contributed by atoms with Gasteiger partial charge in [-0.25, -0.2) is 0 Å². The van der Waals surface area contributed by atoms with E-state index >= 15 is 0 Å². The number of hydrogen-bond acceptors (Lipinski definition) is 5. The lowest BCUT2D eigenvalue weighted by Crippen LogP contribution is -2.50. The van der Waals surface area contributed by atoms with Gasteiger partial charge < -0.3 is 24.8 Å². The molecule has 0 radical (unpaired) electrons. The summed E-state index contributed by atoms with van der Waals surface area (Å²) < 4.78 is 10.4. The average molecular weight is 272 g/mol. The second-order valence-corrected chi connectivity index (χ2v) is 5.05. The van der Waals surface area contributed by atoms with Gasteiger partial charge in [-0.3, -0.25) is 9.59 Å². The number of hydrogen-bond donors (Lipinski definition) is 2. The van der Waals surface area contributed by atoms with Crippen molar-refractivity contribution < 1.29 is 24.2 Å². The predicted molar refractivity (Wildman–Crippen MR) is 65.7 cm³/mol. The predicted octanol–water partition coefficient (Wildman–Crippen LogP) is -1.08. The number of nitrogens with one attached hydrogen (secondary N) is 1. The Morgan fingerprint density at radius 1 is 1.42 bits per heavy atom. The molecule has 0 spiro atoms. The highest BCUT2D eigenvalue weighted by Crippen LogP contribution is 2.21. The standard InChI is InChI=1S/C12H20N2O5/c1-14(10-6-19-5-8(10)12(16)17)11(15)9-3-7(18-2)4-13-9/h7-10,13H,3-6H2,1-2H3,(H,16,17). The van der Waals surface area contributed by atoms with Crippen molar-refractivity contribution in [3.8, 4) is 0 Å². The van der Waals surface area contributed by atoms with Gasteiger partial charge in [-0.05, 0) is 6.42 Å². The van der Waals surface area contributed by atoms with Crippen LogP contribution < -0.4 is 5.32 Å². The van der Waals surface area contributed by atoms with E-state index in [0.29, 0.717) is 13.0 Å². The third-order valence-electron chi connectivity index (χ3n) is 3.93. The fourth-order valence-electron chi connectivity index (χ4n) is 2.64. The minimum atomic E-state index is -0.920. The number of amides is 1. The molecule has 0 aromatic heterocycles. The Hall–Kier alpha value is -1.18. The van der Waals surface area contributed by atoms with Crippen molar-refractivity contribution >= 4 is 11.9 Å². The smallest absolute Gasteiger partial charge is 0.311 e. The van der Waals surface area contributed by atoms with Gasteiger partial charge in [0.05, 0.1) is 31.4 Å². The van der Waals surface area contributed by atoms with Crippen LogP contribution in [0.5, 0.6) is 0 Å². The second kappa shape index (κ2) is 5.85. The molecule has 2 saturated heterocycles. The zero-order chi connectivity index (χ0) is 14.0. The van der Waals surface area contributed by atoms with Gasteiger partial charge in [-0.2, -0.15) is 0 Å². The molecule has 4 unspecified atom stereocenters. The Labute approximate surface area is 111 Å². The highest BCUT2D eigenvalue weighted by Gasteiger charge is 2.41. The number of carbonyl (C=O) groups excluding carboxylic acids is 1. The molecule has 0 aromatic rings. The third-order valence-corrected chi connectivity index (χ3v) is 3.93. The van der Waals surface area contributed by atoms with Crippen LogP contribution in [-0.2, 0) is 19.1 Å². The molecule has 7 nitrogen and oxygen atoms in total. The zero-order valence-electron chi connectivity index (χ0n) is 11.2. The molecule has 0 saturated carbocycles. The van der Waals surface area contributed by atoms with Crippen molar-refractivity contribution in [1.29, 1.82) is 0 Å². The normalized spacial score (nSPS) is 34.4. The van der Waals surface area contributed by atoms with Gasteiger partial charge >= 0.3 is 5.97 Å². The zero-order valence-corrected chi connectivity index (χ0v) is 11.2. The largest absolute Gasteiger partial charge is 0.481 e. The van der Waals surface area contributed by atoms with E-state index in [-0.39, 0.29) is 31.3 Å². The summed E-state index contributed by atoms with van der Waals surface area (Å²) >= 11 is 0. The molecule has 0 aliphatic carbocycles. The van der Waals surface area contributed by atoms with E-state index in [2.05, 4.69) is 5.32 Å². The Bertz CT molecular complexity index is 362. The fraction of sp³-hybridized carbons (Fsp3) is 0.833.